The van der Waals surface area contributed by atoms with Crippen LogP contribution in [0.25, 0.3) is 22.3 Å². The van der Waals surface area contributed by atoms with Crippen LogP contribution in [-0.2, 0) is 0 Å². The van der Waals surface area contributed by atoms with E-state index in [4.69, 9.17) is 0 Å². The smallest absolute Gasteiger partial charge is 0.0866 e. The molecule has 0 spiro atoms. The van der Waals surface area contributed by atoms with Crippen molar-refractivity contribution < 1.29 is 0 Å². The molecule has 0 saturated carbocycles. The standard InChI is InChI=1S/C21H18N2/c1-23-13-12-22-20-14-18(16-8-4-2-5-9-16)19(15-21(20)23)17-10-6-3-7-11-17/h2-12,14-15H,13H2,1H3. The van der Waals surface area contributed by atoms with Crippen molar-refractivity contribution in [3.05, 3.63) is 72.8 Å². The fourth-order valence-corrected chi connectivity index (χ4v) is 3.06. The Morgan fingerprint density at radius 1 is 0.783 bits per heavy atom. The van der Waals surface area contributed by atoms with Gasteiger partial charge < -0.3 is 4.90 Å². The lowest BCUT2D eigenvalue weighted by Gasteiger charge is -2.25. The van der Waals surface area contributed by atoms with Gasteiger partial charge in [-0.15, -0.1) is 0 Å². The first-order chi connectivity index (χ1) is 11.3. The van der Waals surface area contributed by atoms with E-state index in [0.717, 1.165) is 12.2 Å². The van der Waals surface area contributed by atoms with Gasteiger partial charge in [0, 0.05) is 13.3 Å². The molecule has 0 aliphatic carbocycles. The molecular weight excluding hydrogens is 280 g/mol. The SMILES string of the molecule is CN1CC=Nc2cc(-c3ccccc3)c(-c3ccccc3)cc21. The number of benzene rings is 3. The number of aliphatic imine (C=N–C) groups is 1. The van der Waals surface area contributed by atoms with E-state index in [1.165, 1.54) is 27.9 Å². The third-order valence-electron chi connectivity index (χ3n) is 4.28. The summed E-state index contributed by atoms with van der Waals surface area (Å²) in [6.45, 7) is 0.853. The van der Waals surface area contributed by atoms with Crippen LogP contribution < -0.4 is 4.90 Å². The molecule has 3 aromatic rings. The Morgan fingerprint density at radius 2 is 1.35 bits per heavy atom. The van der Waals surface area contributed by atoms with Crippen LogP contribution in [0.3, 0.4) is 0 Å². The summed E-state index contributed by atoms with van der Waals surface area (Å²) in [7, 11) is 2.11. The molecule has 0 N–H and O–H groups in total. The summed E-state index contributed by atoms with van der Waals surface area (Å²) in [4.78, 5) is 6.84. The Bertz CT molecular complexity index is 852. The second-order valence-corrected chi connectivity index (χ2v) is 5.81. The summed E-state index contributed by atoms with van der Waals surface area (Å²) in [6.07, 6.45) is 1.97. The number of rotatable bonds is 2. The third-order valence-corrected chi connectivity index (χ3v) is 4.28. The molecule has 0 radical (unpaired) electrons. The highest BCUT2D eigenvalue weighted by atomic mass is 15.1. The van der Waals surface area contributed by atoms with E-state index < -0.39 is 0 Å². The maximum absolute atomic E-state index is 4.60. The van der Waals surface area contributed by atoms with Crippen molar-refractivity contribution in [1.82, 2.24) is 0 Å². The minimum absolute atomic E-state index is 0.853. The molecule has 1 aliphatic rings. The minimum atomic E-state index is 0.853. The predicted octanol–water partition coefficient (Wildman–Crippen LogP) is 5.17. The Balaban J connectivity index is 1.99. The van der Waals surface area contributed by atoms with Crippen LogP contribution in [0, 0.1) is 0 Å². The van der Waals surface area contributed by atoms with Gasteiger partial charge in [-0.25, -0.2) is 0 Å². The summed E-state index contributed by atoms with van der Waals surface area (Å²) in [6, 6.07) is 25.6. The minimum Gasteiger partial charge on any atom is -0.368 e. The number of anilines is 1. The van der Waals surface area contributed by atoms with Crippen molar-refractivity contribution in [1.29, 1.82) is 0 Å². The summed E-state index contributed by atoms with van der Waals surface area (Å²) in [5.41, 5.74) is 7.15. The van der Waals surface area contributed by atoms with E-state index in [1.807, 2.05) is 6.21 Å². The largest absolute Gasteiger partial charge is 0.368 e. The second kappa shape index (κ2) is 5.73. The molecular formula is C21H18N2. The monoisotopic (exact) mass is 298 g/mol. The van der Waals surface area contributed by atoms with Crippen molar-refractivity contribution in [2.45, 2.75) is 0 Å². The number of hydrogen-bond donors (Lipinski definition) is 0. The van der Waals surface area contributed by atoms with Crippen LogP contribution in [0.4, 0.5) is 11.4 Å². The van der Waals surface area contributed by atoms with E-state index in [1.54, 1.807) is 0 Å². The van der Waals surface area contributed by atoms with Gasteiger partial charge in [0.2, 0.25) is 0 Å². The number of hydrogen-bond acceptors (Lipinski definition) is 2. The first-order valence-corrected chi connectivity index (χ1v) is 7.85. The molecule has 23 heavy (non-hydrogen) atoms. The Labute approximate surface area is 136 Å². The Morgan fingerprint density at radius 3 is 1.96 bits per heavy atom. The molecule has 4 rings (SSSR count). The first-order valence-electron chi connectivity index (χ1n) is 7.85. The molecule has 0 bridgehead atoms. The summed E-state index contributed by atoms with van der Waals surface area (Å²) in [5, 5.41) is 0. The lowest BCUT2D eigenvalue weighted by Crippen LogP contribution is -2.22. The molecule has 2 heteroatoms. The van der Waals surface area contributed by atoms with Crippen LogP contribution >= 0.6 is 0 Å². The van der Waals surface area contributed by atoms with Gasteiger partial charge in [-0.3, -0.25) is 4.99 Å². The molecule has 0 aromatic heterocycles. The van der Waals surface area contributed by atoms with Gasteiger partial charge >= 0.3 is 0 Å². The highest BCUT2D eigenvalue weighted by Crippen LogP contribution is 2.41. The highest BCUT2D eigenvalue weighted by molar-refractivity contribution is 5.93. The molecule has 1 aliphatic heterocycles. The van der Waals surface area contributed by atoms with E-state index in [-0.39, 0.29) is 0 Å². The highest BCUT2D eigenvalue weighted by Gasteiger charge is 2.16. The maximum Gasteiger partial charge on any atom is 0.0866 e. The predicted molar refractivity (Wildman–Crippen MR) is 98.7 cm³/mol. The van der Waals surface area contributed by atoms with Crippen molar-refractivity contribution in [2.24, 2.45) is 4.99 Å². The van der Waals surface area contributed by atoms with Gasteiger partial charge in [0.15, 0.2) is 0 Å². The zero-order valence-corrected chi connectivity index (χ0v) is 13.1. The Kier molecular flexibility index (Phi) is 3.43. The van der Waals surface area contributed by atoms with Crippen molar-refractivity contribution in [3.8, 4) is 22.3 Å². The fourth-order valence-electron chi connectivity index (χ4n) is 3.06. The van der Waals surface area contributed by atoms with Gasteiger partial charge in [-0.05, 0) is 34.4 Å². The molecule has 1 heterocycles. The van der Waals surface area contributed by atoms with Crippen LogP contribution in [-0.4, -0.2) is 19.8 Å². The number of fused-ring (bicyclic) bond motifs is 1. The average Bonchev–Trinajstić information content (AvgIpc) is 2.63. The van der Waals surface area contributed by atoms with E-state index in [9.17, 15) is 0 Å². The van der Waals surface area contributed by atoms with E-state index >= 15 is 0 Å². The molecule has 2 nitrogen and oxygen atoms in total. The third kappa shape index (κ3) is 2.53. The Hall–Kier alpha value is -2.87. The average molecular weight is 298 g/mol. The first kappa shape index (κ1) is 13.8. The quantitative estimate of drug-likeness (QED) is 0.637. The topological polar surface area (TPSA) is 15.6 Å². The van der Waals surface area contributed by atoms with E-state index in [2.05, 4.69) is 89.7 Å². The van der Waals surface area contributed by atoms with Gasteiger partial charge in [0.1, 0.15) is 0 Å². The molecule has 112 valence electrons. The fraction of sp³-hybridized carbons (Fsp3) is 0.0952. The summed E-state index contributed by atoms with van der Waals surface area (Å²) >= 11 is 0. The van der Waals surface area contributed by atoms with Crippen LogP contribution in [0.1, 0.15) is 0 Å². The molecule has 0 fully saturated rings. The molecule has 0 atom stereocenters. The van der Waals surface area contributed by atoms with Crippen LogP contribution in [0.2, 0.25) is 0 Å². The second-order valence-electron chi connectivity index (χ2n) is 5.81. The molecule has 3 aromatic carbocycles. The lowest BCUT2D eigenvalue weighted by atomic mass is 9.93. The van der Waals surface area contributed by atoms with Crippen molar-refractivity contribution >= 4 is 17.6 Å². The normalized spacial score (nSPS) is 13.0. The number of nitrogens with zero attached hydrogens (tertiary/aromatic N) is 2. The maximum atomic E-state index is 4.60. The lowest BCUT2D eigenvalue weighted by molar-refractivity contribution is 1.05. The van der Waals surface area contributed by atoms with E-state index in [0.29, 0.717) is 0 Å². The van der Waals surface area contributed by atoms with Crippen LogP contribution in [0.15, 0.2) is 77.8 Å². The van der Waals surface area contributed by atoms with Crippen LogP contribution in [0.5, 0.6) is 0 Å². The van der Waals surface area contributed by atoms with Gasteiger partial charge in [0.05, 0.1) is 17.9 Å². The summed E-state index contributed by atoms with van der Waals surface area (Å²) < 4.78 is 0. The van der Waals surface area contributed by atoms with Gasteiger partial charge in [0.25, 0.3) is 0 Å². The van der Waals surface area contributed by atoms with Crippen molar-refractivity contribution in [3.63, 3.8) is 0 Å². The molecule has 0 unspecified atom stereocenters. The zero-order chi connectivity index (χ0) is 15.6. The molecule has 0 saturated heterocycles. The zero-order valence-electron chi connectivity index (χ0n) is 13.1. The molecule has 0 amide bonds. The van der Waals surface area contributed by atoms with Crippen molar-refractivity contribution in [2.75, 3.05) is 18.5 Å². The van der Waals surface area contributed by atoms with Gasteiger partial charge in [-0.1, -0.05) is 60.7 Å². The van der Waals surface area contributed by atoms with Gasteiger partial charge in [-0.2, -0.15) is 0 Å². The summed E-state index contributed by atoms with van der Waals surface area (Å²) in [5.74, 6) is 0.